The Hall–Kier alpha value is -1.51. The Morgan fingerprint density at radius 1 is 1.09 bits per heavy atom. The maximum atomic E-state index is 12.3. The molecule has 0 aliphatic rings. The Labute approximate surface area is 147 Å². The molecule has 0 aromatic heterocycles. The summed E-state index contributed by atoms with van der Waals surface area (Å²) in [5.74, 6) is 0.00779. The minimum Gasteiger partial charge on any atom is -0.349 e. The number of benzene rings is 2. The van der Waals surface area contributed by atoms with Crippen LogP contribution in [0.1, 0.15) is 42.5 Å². The van der Waals surface area contributed by atoms with Gasteiger partial charge < -0.3 is 5.32 Å². The van der Waals surface area contributed by atoms with E-state index >= 15 is 0 Å². The maximum absolute atomic E-state index is 12.3. The molecule has 0 unspecified atom stereocenters. The SMILES string of the molecule is CC[C@@H](NC(=O)CCc1c(Cl)cccc1Cl)c1ccc(C)cc1. The number of hydrogen-bond donors (Lipinski definition) is 1. The molecular formula is C19H21Cl2NO. The highest BCUT2D eigenvalue weighted by molar-refractivity contribution is 6.36. The van der Waals surface area contributed by atoms with Crippen LogP contribution in [0.4, 0.5) is 0 Å². The zero-order valence-corrected chi connectivity index (χ0v) is 14.9. The molecule has 0 saturated heterocycles. The molecule has 0 aliphatic heterocycles. The molecular weight excluding hydrogens is 329 g/mol. The maximum Gasteiger partial charge on any atom is 0.220 e. The van der Waals surface area contributed by atoms with Gasteiger partial charge in [-0.1, -0.05) is 66.0 Å². The third-order valence-electron chi connectivity index (χ3n) is 3.89. The number of nitrogens with one attached hydrogen (secondary N) is 1. The van der Waals surface area contributed by atoms with Crippen LogP contribution in [0.15, 0.2) is 42.5 Å². The van der Waals surface area contributed by atoms with Crippen LogP contribution >= 0.6 is 23.2 Å². The van der Waals surface area contributed by atoms with Gasteiger partial charge in [-0.25, -0.2) is 0 Å². The van der Waals surface area contributed by atoms with Gasteiger partial charge in [0.05, 0.1) is 6.04 Å². The summed E-state index contributed by atoms with van der Waals surface area (Å²) in [6.45, 7) is 4.12. The smallest absolute Gasteiger partial charge is 0.220 e. The van der Waals surface area contributed by atoms with Crippen molar-refractivity contribution in [1.82, 2.24) is 5.32 Å². The Bertz CT molecular complexity index is 647. The number of amides is 1. The van der Waals surface area contributed by atoms with Gasteiger partial charge in [0.15, 0.2) is 0 Å². The van der Waals surface area contributed by atoms with Gasteiger partial charge in [-0.05, 0) is 43.0 Å². The van der Waals surface area contributed by atoms with Gasteiger partial charge in [0.2, 0.25) is 5.91 Å². The zero-order chi connectivity index (χ0) is 16.8. The van der Waals surface area contributed by atoms with Gasteiger partial charge in [0, 0.05) is 16.5 Å². The van der Waals surface area contributed by atoms with Crippen molar-refractivity contribution < 1.29 is 4.79 Å². The van der Waals surface area contributed by atoms with Crippen LogP contribution in [0.3, 0.4) is 0 Å². The summed E-state index contributed by atoms with van der Waals surface area (Å²) in [7, 11) is 0. The number of aryl methyl sites for hydroxylation is 1. The summed E-state index contributed by atoms with van der Waals surface area (Å²) in [6, 6.07) is 13.7. The summed E-state index contributed by atoms with van der Waals surface area (Å²) in [6.07, 6.45) is 1.75. The lowest BCUT2D eigenvalue weighted by Crippen LogP contribution is -2.28. The number of rotatable bonds is 6. The lowest BCUT2D eigenvalue weighted by atomic mass is 10.0. The Kier molecular flexibility index (Phi) is 6.49. The molecule has 4 heteroatoms. The van der Waals surface area contributed by atoms with Gasteiger partial charge in [-0.3, -0.25) is 4.79 Å². The molecule has 2 aromatic rings. The van der Waals surface area contributed by atoms with Crippen molar-refractivity contribution in [1.29, 1.82) is 0 Å². The van der Waals surface area contributed by atoms with Gasteiger partial charge in [0.25, 0.3) is 0 Å². The molecule has 0 spiro atoms. The summed E-state index contributed by atoms with van der Waals surface area (Å²) >= 11 is 12.3. The molecule has 0 heterocycles. The zero-order valence-electron chi connectivity index (χ0n) is 13.4. The minimum absolute atomic E-state index is 0.00779. The van der Waals surface area contributed by atoms with Crippen LogP contribution in [-0.4, -0.2) is 5.91 Å². The molecule has 0 radical (unpaired) electrons. The molecule has 0 aliphatic carbocycles. The fourth-order valence-electron chi connectivity index (χ4n) is 2.50. The molecule has 122 valence electrons. The first-order valence-electron chi connectivity index (χ1n) is 7.80. The van der Waals surface area contributed by atoms with E-state index in [0.29, 0.717) is 22.9 Å². The molecule has 1 atom stereocenters. The summed E-state index contributed by atoms with van der Waals surface area (Å²) in [5, 5.41) is 4.30. The standard InChI is InChI=1S/C19H21Cl2NO/c1-3-18(14-9-7-13(2)8-10-14)22-19(23)12-11-15-16(20)5-4-6-17(15)21/h4-10,18H,3,11-12H2,1-2H3,(H,22,23)/t18-/m1/s1. The quantitative estimate of drug-likeness (QED) is 0.732. The second-order valence-corrected chi connectivity index (χ2v) is 6.45. The average Bonchev–Trinajstić information content (AvgIpc) is 2.53. The van der Waals surface area contributed by atoms with E-state index in [1.807, 2.05) is 0 Å². The van der Waals surface area contributed by atoms with Crippen LogP contribution in [0.5, 0.6) is 0 Å². The van der Waals surface area contributed by atoms with Crippen molar-refractivity contribution in [3.05, 3.63) is 69.2 Å². The second kappa shape index (κ2) is 8.37. The van der Waals surface area contributed by atoms with E-state index in [9.17, 15) is 4.79 Å². The molecule has 2 aromatic carbocycles. The van der Waals surface area contributed by atoms with Gasteiger partial charge in [-0.15, -0.1) is 0 Å². The first-order valence-corrected chi connectivity index (χ1v) is 8.55. The lowest BCUT2D eigenvalue weighted by molar-refractivity contribution is -0.121. The van der Waals surface area contributed by atoms with Crippen LogP contribution in [0, 0.1) is 6.92 Å². The van der Waals surface area contributed by atoms with Crippen LogP contribution < -0.4 is 5.32 Å². The normalized spacial score (nSPS) is 12.0. The molecule has 1 amide bonds. The van der Waals surface area contributed by atoms with E-state index in [1.165, 1.54) is 5.56 Å². The Morgan fingerprint density at radius 3 is 2.26 bits per heavy atom. The minimum atomic E-state index is 0.00779. The first-order chi connectivity index (χ1) is 11.0. The molecule has 0 saturated carbocycles. The highest BCUT2D eigenvalue weighted by atomic mass is 35.5. The lowest BCUT2D eigenvalue weighted by Gasteiger charge is -2.18. The Morgan fingerprint density at radius 2 is 1.70 bits per heavy atom. The molecule has 2 nitrogen and oxygen atoms in total. The number of halogens is 2. The van der Waals surface area contributed by atoms with Crippen molar-refractivity contribution in [2.75, 3.05) is 0 Å². The first kappa shape index (κ1) is 17.8. The van der Waals surface area contributed by atoms with Crippen molar-refractivity contribution in [3.8, 4) is 0 Å². The third kappa shape index (κ3) is 4.98. The number of carbonyl (C=O) groups is 1. The number of carbonyl (C=O) groups excluding carboxylic acids is 1. The summed E-state index contributed by atoms with van der Waals surface area (Å²) < 4.78 is 0. The van der Waals surface area contributed by atoms with E-state index in [4.69, 9.17) is 23.2 Å². The summed E-state index contributed by atoms with van der Waals surface area (Å²) in [4.78, 5) is 12.3. The van der Waals surface area contributed by atoms with Crippen LogP contribution in [0.2, 0.25) is 10.0 Å². The van der Waals surface area contributed by atoms with E-state index in [-0.39, 0.29) is 11.9 Å². The average molecular weight is 350 g/mol. The highest BCUT2D eigenvalue weighted by Crippen LogP contribution is 2.25. The van der Waals surface area contributed by atoms with Crippen molar-refractivity contribution in [3.63, 3.8) is 0 Å². The molecule has 2 rings (SSSR count). The molecule has 1 N–H and O–H groups in total. The third-order valence-corrected chi connectivity index (χ3v) is 4.60. The predicted octanol–water partition coefficient (Wildman–Crippen LogP) is 5.50. The van der Waals surface area contributed by atoms with Crippen LogP contribution in [-0.2, 0) is 11.2 Å². The van der Waals surface area contributed by atoms with Crippen molar-refractivity contribution in [2.45, 2.75) is 39.2 Å². The highest BCUT2D eigenvalue weighted by Gasteiger charge is 2.14. The second-order valence-electron chi connectivity index (χ2n) is 5.64. The van der Waals surface area contributed by atoms with Gasteiger partial charge >= 0.3 is 0 Å². The van der Waals surface area contributed by atoms with E-state index in [1.54, 1.807) is 18.2 Å². The van der Waals surface area contributed by atoms with Crippen molar-refractivity contribution >= 4 is 29.1 Å². The van der Waals surface area contributed by atoms with E-state index in [0.717, 1.165) is 17.5 Å². The fourth-order valence-corrected chi connectivity index (χ4v) is 3.08. The monoisotopic (exact) mass is 349 g/mol. The predicted molar refractivity (Wildman–Crippen MR) is 97.1 cm³/mol. The van der Waals surface area contributed by atoms with Crippen LogP contribution in [0.25, 0.3) is 0 Å². The molecule has 0 fully saturated rings. The van der Waals surface area contributed by atoms with Gasteiger partial charge in [0.1, 0.15) is 0 Å². The number of hydrogen-bond acceptors (Lipinski definition) is 1. The fraction of sp³-hybridized carbons (Fsp3) is 0.316. The van der Waals surface area contributed by atoms with E-state index in [2.05, 4.69) is 43.4 Å². The van der Waals surface area contributed by atoms with Crippen molar-refractivity contribution in [2.24, 2.45) is 0 Å². The summed E-state index contributed by atoms with van der Waals surface area (Å²) in [5.41, 5.74) is 3.17. The topological polar surface area (TPSA) is 29.1 Å². The molecule has 23 heavy (non-hydrogen) atoms. The molecule has 0 bridgehead atoms. The van der Waals surface area contributed by atoms with Gasteiger partial charge in [-0.2, -0.15) is 0 Å². The van der Waals surface area contributed by atoms with E-state index < -0.39 is 0 Å². The largest absolute Gasteiger partial charge is 0.349 e. The Balaban J connectivity index is 1.96.